The molecule has 0 atom stereocenters. The highest BCUT2D eigenvalue weighted by Gasteiger charge is 2.15. The molecule has 0 saturated heterocycles. The summed E-state index contributed by atoms with van der Waals surface area (Å²) in [5, 5.41) is 0. The van der Waals surface area contributed by atoms with Crippen LogP contribution in [0.4, 0.5) is 5.69 Å². The van der Waals surface area contributed by atoms with Crippen LogP contribution in [0, 0.1) is 6.92 Å². The second-order valence-electron chi connectivity index (χ2n) is 3.26. The molecule has 0 aliphatic rings. The number of hydrogen-bond donors (Lipinski definition) is 1. The summed E-state index contributed by atoms with van der Waals surface area (Å²) >= 11 is 0. The topological polar surface area (TPSA) is 53.7 Å². The number of ether oxygens (including phenoxy) is 3. The molecule has 4 nitrogen and oxygen atoms in total. The molecular formula is C12H17NO3. The van der Waals surface area contributed by atoms with Crippen molar-refractivity contribution >= 4 is 5.69 Å². The lowest BCUT2D eigenvalue weighted by Gasteiger charge is -2.16. The van der Waals surface area contributed by atoms with Gasteiger partial charge in [0.25, 0.3) is 0 Å². The first kappa shape index (κ1) is 12.2. The molecular weight excluding hydrogens is 206 g/mol. The SMILES string of the molecule is C=CCOc1cc(N)c(OC)c(C)c1OC. The van der Waals surface area contributed by atoms with Crippen LogP contribution in [-0.4, -0.2) is 20.8 Å². The number of rotatable bonds is 5. The molecule has 2 N–H and O–H groups in total. The lowest BCUT2D eigenvalue weighted by Crippen LogP contribution is -2.02. The van der Waals surface area contributed by atoms with Crippen LogP contribution in [0.5, 0.6) is 17.2 Å². The Morgan fingerprint density at radius 3 is 2.44 bits per heavy atom. The second-order valence-corrected chi connectivity index (χ2v) is 3.26. The highest BCUT2D eigenvalue weighted by molar-refractivity contribution is 5.66. The monoisotopic (exact) mass is 223 g/mol. The van der Waals surface area contributed by atoms with Crippen LogP contribution in [0.25, 0.3) is 0 Å². The van der Waals surface area contributed by atoms with E-state index in [1.54, 1.807) is 26.4 Å². The average Bonchev–Trinajstić information content (AvgIpc) is 2.26. The van der Waals surface area contributed by atoms with Gasteiger partial charge in [0.15, 0.2) is 11.5 Å². The molecule has 0 aliphatic heterocycles. The molecule has 0 amide bonds. The summed E-state index contributed by atoms with van der Waals surface area (Å²) < 4.78 is 15.9. The quantitative estimate of drug-likeness (QED) is 0.614. The van der Waals surface area contributed by atoms with Gasteiger partial charge in [-0.25, -0.2) is 0 Å². The van der Waals surface area contributed by atoms with Crippen molar-refractivity contribution in [2.45, 2.75) is 6.92 Å². The normalized spacial score (nSPS) is 9.69. The minimum Gasteiger partial charge on any atom is -0.494 e. The van der Waals surface area contributed by atoms with Crippen LogP contribution in [-0.2, 0) is 0 Å². The van der Waals surface area contributed by atoms with Crippen LogP contribution in [0.3, 0.4) is 0 Å². The summed E-state index contributed by atoms with van der Waals surface area (Å²) in [6.07, 6.45) is 1.66. The van der Waals surface area contributed by atoms with Gasteiger partial charge in [-0.3, -0.25) is 0 Å². The molecule has 0 saturated carbocycles. The molecule has 0 spiro atoms. The Morgan fingerprint density at radius 2 is 1.94 bits per heavy atom. The Labute approximate surface area is 95.6 Å². The van der Waals surface area contributed by atoms with Gasteiger partial charge in [-0.05, 0) is 6.92 Å². The zero-order valence-corrected chi connectivity index (χ0v) is 9.87. The van der Waals surface area contributed by atoms with E-state index in [-0.39, 0.29) is 0 Å². The summed E-state index contributed by atoms with van der Waals surface area (Å²) in [5.74, 6) is 1.84. The largest absolute Gasteiger partial charge is 0.494 e. The molecule has 0 fully saturated rings. The van der Waals surface area contributed by atoms with E-state index in [4.69, 9.17) is 19.9 Å². The Kier molecular flexibility index (Phi) is 4.05. The third kappa shape index (κ3) is 2.21. The number of anilines is 1. The minimum atomic E-state index is 0.404. The van der Waals surface area contributed by atoms with Crippen LogP contribution < -0.4 is 19.9 Å². The van der Waals surface area contributed by atoms with Gasteiger partial charge in [0.1, 0.15) is 12.4 Å². The highest BCUT2D eigenvalue weighted by atomic mass is 16.5. The number of benzene rings is 1. The summed E-state index contributed by atoms with van der Waals surface area (Å²) in [6, 6.07) is 1.69. The van der Waals surface area contributed by atoms with Crippen LogP contribution in [0.2, 0.25) is 0 Å². The van der Waals surface area contributed by atoms with Crippen LogP contribution in [0.15, 0.2) is 18.7 Å². The van der Waals surface area contributed by atoms with Crippen molar-refractivity contribution in [1.82, 2.24) is 0 Å². The summed E-state index contributed by atoms with van der Waals surface area (Å²) in [4.78, 5) is 0. The van der Waals surface area contributed by atoms with Crippen molar-refractivity contribution in [3.63, 3.8) is 0 Å². The van der Waals surface area contributed by atoms with E-state index < -0.39 is 0 Å². The molecule has 0 radical (unpaired) electrons. The Morgan fingerprint density at radius 1 is 1.31 bits per heavy atom. The fraction of sp³-hybridized carbons (Fsp3) is 0.333. The van der Waals surface area contributed by atoms with E-state index >= 15 is 0 Å². The Bertz CT molecular complexity index is 388. The van der Waals surface area contributed by atoms with Crippen molar-refractivity contribution < 1.29 is 14.2 Å². The van der Waals surface area contributed by atoms with Gasteiger partial charge in [0.2, 0.25) is 0 Å². The van der Waals surface area contributed by atoms with E-state index in [1.807, 2.05) is 6.92 Å². The lowest BCUT2D eigenvalue weighted by molar-refractivity contribution is 0.321. The van der Waals surface area contributed by atoms with Gasteiger partial charge < -0.3 is 19.9 Å². The number of methoxy groups -OCH3 is 2. The van der Waals surface area contributed by atoms with E-state index in [2.05, 4.69) is 6.58 Å². The fourth-order valence-corrected chi connectivity index (χ4v) is 1.56. The first-order valence-electron chi connectivity index (χ1n) is 4.90. The van der Waals surface area contributed by atoms with E-state index in [9.17, 15) is 0 Å². The molecule has 1 aromatic rings. The molecule has 0 aliphatic carbocycles. The van der Waals surface area contributed by atoms with Crippen molar-refractivity contribution in [2.75, 3.05) is 26.6 Å². The number of nitrogens with two attached hydrogens (primary N) is 1. The van der Waals surface area contributed by atoms with Gasteiger partial charge >= 0.3 is 0 Å². The molecule has 1 aromatic carbocycles. The molecule has 0 aromatic heterocycles. The number of nitrogen functional groups attached to an aromatic ring is 1. The Hall–Kier alpha value is -1.84. The lowest BCUT2D eigenvalue weighted by atomic mass is 10.1. The predicted molar refractivity (Wildman–Crippen MR) is 64.4 cm³/mol. The molecule has 0 heterocycles. The first-order valence-corrected chi connectivity index (χ1v) is 4.90. The number of hydrogen-bond acceptors (Lipinski definition) is 4. The first-order chi connectivity index (χ1) is 7.65. The van der Waals surface area contributed by atoms with Gasteiger partial charge in [0, 0.05) is 11.6 Å². The third-order valence-electron chi connectivity index (χ3n) is 2.22. The highest BCUT2D eigenvalue weighted by Crippen LogP contribution is 2.41. The third-order valence-corrected chi connectivity index (χ3v) is 2.22. The average molecular weight is 223 g/mol. The van der Waals surface area contributed by atoms with Gasteiger partial charge in [-0.15, -0.1) is 0 Å². The van der Waals surface area contributed by atoms with Gasteiger partial charge in [-0.1, -0.05) is 12.7 Å². The summed E-state index contributed by atoms with van der Waals surface area (Å²) in [5.41, 5.74) is 7.19. The molecule has 1 rings (SSSR count). The maximum Gasteiger partial charge on any atom is 0.167 e. The predicted octanol–water partition coefficient (Wildman–Crippen LogP) is 2.16. The molecule has 16 heavy (non-hydrogen) atoms. The standard InChI is InChI=1S/C12H17NO3/c1-5-6-16-10-7-9(13)11(14-3)8(2)12(10)15-4/h5,7H,1,6,13H2,2-4H3. The smallest absolute Gasteiger partial charge is 0.167 e. The Balaban J connectivity index is 3.23. The minimum absolute atomic E-state index is 0.404. The molecule has 0 bridgehead atoms. The molecule has 4 heteroatoms. The van der Waals surface area contributed by atoms with Crippen molar-refractivity contribution in [2.24, 2.45) is 0 Å². The zero-order valence-electron chi connectivity index (χ0n) is 9.87. The second kappa shape index (κ2) is 5.30. The summed E-state index contributed by atoms with van der Waals surface area (Å²) in [6.45, 7) is 5.86. The van der Waals surface area contributed by atoms with E-state index in [0.29, 0.717) is 29.5 Å². The van der Waals surface area contributed by atoms with Crippen molar-refractivity contribution in [3.8, 4) is 17.2 Å². The van der Waals surface area contributed by atoms with E-state index in [1.165, 1.54) is 0 Å². The van der Waals surface area contributed by atoms with Gasteiger partial charge in [-0.2, -0.15) is 0 Å². The van der Waals surface area contributed by atoms with Crippen LogP contribution in [0.1, 0.15) is 5.56 Å². The zero-order chi connectivity index (χ0) is 12.1. The van der Waals surface area contributed by atoms with E-state index in [0.717, 1.165) is 5.56 Å². The van der Waals surface area contributed by atoms with Gasteiger partial charge in [0.05, 0.1) is 19.9 Å². The molecule has 0 unspecified atom stereocenters. The maximum absolute atomic E-state index is 5.84. The van der Waals surface area contributed by atoms with Crippen molar-refractivity contribution in [1.29, 1.82) is 0 Å². The van der Waals surface area contributed by atoms with Crippen molar-refractivity contribution in [3.05, 3.63) is 24.3 Å². The van der Waals surface area contributed by atoms with Crippen LogP contribution >= 0.6 is 0 Å². The maximum atomic E-state index is 5.84. The summed E-state index contributed by atoms with van der Waals surface area (Å²) in [7, 11) is 3.15. The molecule has 88 valence electrons. The fourth-order valence-electron chi connectivity index (χ4n) is 1.56.